The number of hydrogen-bond donors (Lipinski definition) is 0. The highest BCUT2D eigenvalue weighted by atomic mass is 35.5. The van der Waals surface area contributed by atoms with E-state index in [0.717, 1.165) is 5.56 Å². The van der Waals surface area contributed by atoms with Crippen LogP contribution < -0.4 is 9.47 Å². The summed E-state index contributed by atoms with van der Waals surface area (Å²) in [6.07, 6.45) is -0.535. The molecule has 4 rings (SSSR count). The van der Waals surface area contributed by atoms with Gasteiger partial charge >= 0.3 is 6.29 Å². The number of benzene rings is 2. The summed E-state index contributed by atoms with van der Waals surface area (Å²) in [5, 5.41) is 0.621. The Kier molecular flexibility index (Phi) is 5.34. The van der Waals surface area contributed by atoms with Crippen molar-refractivity contribution in [2.45, 2.75) is 6.29 Å². The highest BCUT2D eigenvalue weighted by molar-refractivity contribution is 6.30. The number of hydrogen-bond acceptors (Lipinski definition) is 4. The first kappa shape index (κ1) is 20.2. The number of carbonyl (C=O) groups is 2. The van der Waals surface area contributed by atoms with Gasteiger partial charge in [0.05, 0.1) is 0 Å². The molecule has 156 valence electrons. The summed E-state index contributed by atoms with van der Waals surface area (Å²) in [6, 6.07) is 11.0. The van der Waals surface area contributed by atoms with Gasteiger partial charge in [-0.25, -0.2) is 0 Å². The van der Waals surface area contributed by atoms with E-state index >= 15 is 0 Å². The quantitative estimate of drug-likeness (QED) is 0.692. The van der Waals surface area contributed by atoms with Crippen molar-refractivity contribution in [2.24, 2.45) is 0 Å². The first-order valence-electron chi connectivity index (χ1n) is 9.22. The van der Waals surface area contributed by atoms with Crippen molar-refractivity contribution in [3.63, 3.8) is 0 Å². The molecule has 0 unspecified atom stereocenters. The van der Waals surface area contributed by atoms with E-state index in [9.17, 15) is 18.4 Å². The minimum atomic E-state index is -3.73. The van der Waals surface area contributed by atoms with Gasteiger partial charge in [-0.05, 0) is 42.0 Å². The van der Waals surface area contributed by atoms with Crippen LogP contribution in [-0.4, -0.2) is 54.1 Å². The van der Waals surface area contributed by atoms with Crippen LogP contribution in [0, 0.1) is 0 Å². The summed E-state index contributed by atoms with van der Waals surface area (Å²) < 4.78 is 35.0. The lowest BCUT2D eigenvalue weighted by Gasteiger charge is -2.34. The lowest BCUT2D eigenvalue weighted by Crippen LogP contribution is -2.50. The van der Waals surface area contributed by atoms with E-state index in [1.807, 2.05) is 12.1 Å². The van der Waals surface area contributed by atoms with Gasteiger partial charge in [-0.2, -0.15) is 0 Å². The number of ether oxygens (including phenoxy) is 2. The van der Waals surface area contributed by atoms with Crippen LogP contribution >= 0.6 is 11.6 Å². The number of rotatable bonds is 3. The van der Waals surface area contributed by atoms with Crippen LogP contribution in [0.2, 0.25) is 5.02 Å². The summed E-state index contributed by atoms with van der Waals surface area (Å²) in [5.41, 5.74) is 1.08. The number of amides is 2. The summed E-state index contributed by atoms with van der Waals surface area (Å²) in [5.74, 6) is -0.755. The van der Waals surface area contributed by atoms with Crippen molar-refractivity contribution >= 4 is 29.5 Å². The maximum Gasteiger partial charge on any atom is 0.586 e. The van der Waals surface area contributed by atoms with E-state index < -0.39 is 6.29 Å². The largest absolute Gasteiger partial charge is 0.586 e. The summed E-state index contributed by atoms with van der Waals surface area (Å²) in [6.45, 7) is 1.42. The molecule has 0 N–H and O–H groups in total. The monoisotopic (exact) mass is 434 g/mol. The van der Waals surface area contributed by atoms with Crippen molar-refractivity contribution in [1.82, 2.24) is 9.80 Å². The number of piperazine rings is 1. The standard InChI is InChI=1S/C21H17ClF2N2O4/c22-16-5-1-14(2-6-16)3-8-19(27)25-9-11-26(12-10-25)20(28)15-4-7-17-18(13-15)30-21(23,24)29-17/h1-8,13H,9-12H2/b8-3+. The fourth-order valence-corrected chi connectivity index (χ4v) is 3.37. The van der Waals surface area contributed by atoms with E-state index in [2.05, 4.69) is 9.47 Å². The summed E-state index contributed by atoms with van der Waals surface area (Å²) in [4.78, 5) is 28.3. The molecule has 2 amide bonds. The lowest BCUT2D eigenvalue weighted by molar-refractivity contribution is -0.286. The zero-order chi connectivity index (χ0) is 21.3. The van der Waals surface area contributed by atoms with Gasteiger partial charge in [0.25, 0.3) is 5.91 Å². The van der Waals surface area contributed by atoms with Gasteiger partial charge in [-0.15, -0.1) is 8.78 Å². The number of fused-ring (bicyclic) bond motifs is 1. The predicted octanol–water partition coefficient (Wildman–Crippen LogP) is 3.66. The predicted molar refractivity (Wildman–Crippen MR) is 106 cm³/mol. The third-order valence-corrected chi connectivity index (χ3v) is 5.07. The second kappa shape index (κ2) is 7.95. The third kappa shape index (κ3) is 4.38. The van der Waals surface area contributed by atoms with Crippen LogP contribution in [0.5, 0.6) is 11.5 Å². The molecule has 1 fully saturated rings. The number of nitrogens with zero attached hydrogens (tertiary/aromatic N) is 2. The Morgan fingerprint density at radius 1 is 0.933 bits per heavy atom. The van der Waals surface area contributed by atoms with Crippen LogP contribution in [0.25, 0.3) is 6.08 Å². The molecule has 2 aliphatic rings. The minimum absolute atomic E-state index is 0.112. The Morgan fingerprint density at radius 2 is 1.57 bits per heavy atom. The second-order valence-corrected chi connectivity index (χ2v) is 7.27. The first-order chi connectivity index (χ1) is 14.3. The molecule has 0 radical (unpaired) electrons. The van der Waals surface area contributed by atoms with Crippen LogP contribution in [-0.2, 0) is 4.79 Å². The Morgan fingerprint density at radius 3 is 2.27 bits per heavy atom. The molecule has 2 heterocycles. The van der Waals surface area contributed by atoms with Gasteiger partial charge in [0.1, 0.15) is 0 Å². The van der Waals surface area contributed by atoms with Gasteiger partial charge < -0.3 is 19.3 Å². The van der Waals surface area contributed by atoms with Crippen molar-refractivity contribution in [3.05, 3.63) is 64.7 Å². The van der Waals surface area contributed by atoms with E-state index in [1.165, 1.54) is 24.3 Å². The molecule has 2 aromatic rings. The molecule has 2 aliphatic heterocycles. The molecule has 0 aromatic heterocycles. The molecule has 0 saturated carbocycles. The van der Waals surface area contributed by atoms with E-state index in [0.29, 0.717) is 31.2 Å². The zero-order valence-electron chi connectivity index (χ0n) is 15.7. The average Bonchev–Trinajstić information content (AvgIpc) is 3.05. The van der Waals surface area contributed by atoms with Crippen molar-refractivity contribution < 1.29 is 27.8 Å². The number of halogens is 3. The molecular weight excluding hydrogens is 418 g/mol. The van der Waals surface area contributed by atoms with Crippen LogP contribution in [0.1, 0.15) is 15.9 Å². The maximum atomic E-state index is 13.1. The topological polar surface area (TPSA) is 59.1 Å². The zero-order valence-corrected chi connectivity index (χ0v) is 16.4. The molecule has 1 saturated heterocycles. The highest BCUT2D eigenvalue weighted by Crippen LogP contribution is 2.41. The highest BCUT2D eigenvalue weighted by Gasteiger charge is 2.43. The van der Waals surface area contributed by atoms with Crippen molar-refractivity contribution in [3.8, 4) is 11.5 Å². The fourth-order valence-electron chi connectivity index (χ4n) is 3.24. The maximum absolute atomic E-state index is 13.1. The normalized spacial score (nSPS) is 17.4. The number of alkyl halides is 2. The van der Waals surface area contributed by atoms with Gasteiger partial charge in [0.2, 0.25) is 5.91 Å². The van der Waals surface area contributed by atoms with Crippen LogP contribution in [0.4, 0.5) is 8.78 Å². The van der Waals surface area contributed by atoms with E-state index in [4.69, 9.17) is 11.6 Å². The number of carbonyl (C=O) groups excluding carboxylic acids is 2. The van der Waals surface area contributed by atoms with Gasteiger partial charge in [0, 0.05) is 42.8 Å². The average molecular weight is 435 g/mol. The van der Waals surface area contributed by atoms with E-state index in [-0.39, 0.29) is 28.9 Å². The summed E-state index contributed by atoms with van der Waals surface area (Å²) >= 11 is 5.84. The molecule has 2 aromatic carbocycles. The first-order valence-corrected chi connectivity index (χ1v) is 9.60. The second-order valence-electron chi connectivity index (χ2n) is 6.83. The molecule has 6 nitrogen and oxygen atoms in total. The van der Waals surface area contributed by atoms with Gasteiger partial charge in [-0.1, -0.05) is 23.7 Å². The fraction of sp³-hybridized carbons (Fsp3) is 0.238. The molecular formula is C21H17ClF2N2O4. The lowest BCUT2D eigenvalue weighted by atomic mass is 10.1. The molecule has 0 atom stereocenters. The third-order valence-electron chi connectivity index (χ3n) is 4.82. The van der Waals surface area contributed by atoms with Crippen LogP contribution in [0.3, 0.4) is 0 Å². The molecule has 9 heteroatoms. The van der Waals surface area contributed by atoms with Crippen LogP contribution in [0.15, 0.2) is 48.5 Å². The molecule has 0 bridgehead atoms. The van der Waals surface area contributed by atoms with Crippen molar-refractivity contribution in [2.75, 3.05) is 26.2 Å². The minimum Gasteiger partial charge on any atom is -0.395 e. The Hall–Kier alpha value is -3.13. The molecule has 30 heavy (non-hydrogen) atoms. The molecule has 0 aliphatic carbocycles. The van der Waals surface area contributed by atoms with Gasteiger partial charge in [0.15, 0.2) is 11.5 Å². The SMILES string of the molecule is O=C(/C=C/c1ccc(Cl)cc1)N1CCN(C(=O)c2ccc3c(c2)OC(F)(F)O3)CC1. The Balaban J connectivity index is 1.34. The Labute approximate surface area is 176 Å². The Bertz CT molecular complexity index is 1000. The summed E-state index contributed by atoms with van der Waals surface area (Å²) in [7, 11) is 0. The van der Waals surface area contributed by atoms with Crippen molar-refractivity contribution in [1.29, 1.82) is 0 Å². The van der Waals surface area contributed by atoms with E-state index in [1.54, 1.807) is 28.0 Å². The molecule has 0 spiro atoms. The van der Waals surface area contributed by atoms with Gasteiger partial charge in [-0.3, -0.25) is 9.59 Å². The smallest absolute Gasteiger partial charge is 0.395 e.